The van der Waals surface area contributed by atoms with Crippen LogP contribution in [0.15, 0.2) is 36.1 Å². The molecule has 0 amide bonds. The summed E-state index contributed by atoms with van der Waals surface area (Å²) in [6.45, 7) is 1.80. The van der Waals surface area contributed by atoms with Crippen LogP contribution in [0.5, 0.6) is 0 Å². The van der Waals surface area contributed by atoms with Crippen LogP contribution < -0.4 is 0 Å². The summed E-state index contributed by atoms with van der Waals surface area (Å²) in [7, 11) is 0. The molecule has 0 spiro atoms. The Balaban J connectivity index is 3.52. The van der Waals surface area contributed by atoms with Crippen LogP contribution in [0.2, 0.25) is 0 Å². The third-order valence-corrected chi connectivity index (χ3v) is 3.38. The Hall–Kier alpha value is -1.71. The molecule has 0 aromatic rings. The van der Waals surface area contributed by atoms with Gasteiger partial charge in [0.05, 0.1) is 4.92 Å². The number of hydrogen-bond donors (Lipinski definition) is 0. The summed E-state index contributed by atoms with van der Waals surface area (Å²) < 4.78 is 0. The van der Waals surface area contributed by atoms with Crippen LogP contribution in [0, 0.1) is 10.1 Å². The quantitative estimate of drug-likeness (QED) is 0.142. The van der Waals surface area contributed by atoms with Gasteiger partial charge in [-0.2, -0.15) is 0 Å². The van der Waals surface area contributed by atoms with Crippen molar-refractivity contribution in [2.75, 3.05) is 0 Å². The second-order valence-corrected chi connectivity index (χ2v) is 5.23. The van der Waals surface area contributed by atoms with Crippen molar-refractivity contribution >= 4 is 6.29 Å². The predicted octanol–water partition coefficient (Wildman–Crippen LogP) is 5.38. The van der Waals surface area contributed by atoms with Crippen molar-refractivity contribution in [2.24, 2.45) is 0 Å². The molecular formula is C18H29NO3. The van der Waals surface area contributed by atoms with E-state index in [1.807, 2.05) is 12.2 Å². The zero-order chi connectivity index (χ0) is 16.5. The normalized spacial score (nSPS) is 12.3. The van der Waals surface area contributed by atoms with Gasteiger partial charge in [-0.25, -0.2) is 0 Å². The second kappa shape index (κ2) is 15.7. The molecule has 0 fully saturated rings. The van der Waals surface area contributed by atoms with Gasteiger partial charge in [-0.3, -0.25) is 10.1 Å². The minimum Gasteiger partial charge on any atom is -0.303 e. The molecule has 4 nitrogen and oxygen atoms in total. The Morgan fingerprint density at radius 3 is 2.14 bits per heavy atom. The van der Waals surface area contributed by atoms with Crippen LogP contribution >= 0.6 is 0 Å². The van der Waals surface area contributed by atoms with Crippen molar-refractivity contribution in [3.05, 3.63) is 46.2 Å². The highest BCUT2D eigenvalue weighted by Crippen LogP contribution is 2.07. The van der Waals surface area contributed by atoms with Crippen molar-refractivity contribution in [1.82, 2.24) is 0 Å². The first-order valence-electron chi connectivity index (χ1n) is 8.29. The standard InChI is InChI=1S/C18H29NO3/c1-2-18(19(21)22)16-14-12-10-8-6-4-3-5-7-9-11-13-15-17-20/h4,6,10,12,16-17H,2-3,5,7-9,11,13-15H2,1H3/b6-4+,12-10+,18-16-. The molecule has 0 saturated heterocycles. The van der Waals surface area contributed by atoms with Gasteiger partial charge in [0.2, 0.25) is 5.70 Å². The van der Waals surface area contributed by atoms with E-state index in [-0.39, 0.29) is 10.6 Å². The zero-order valence-corrected chi connectivity index (χ0v) is 13.7. The fourth-order valence-electron chi connectivity index (χ4n) is 2.06. The Bertz CT molecular complexity index is 384. The average Bonchev–Trinajstić information content (AvgIpc) is 2.51. The first kappa shape index (κ1) is 20.3. The summed E-state index contributed by atoms with van der Waals surface area (Å²) in [5.74, 6) is 0. The molecule has 0 aromatic carbocycles. The molecule has 124 valence electrons. The van der Waals surface area contributed by atoms with Gasteiger partial charge in [-0.15, -0.1) is 0 Å². The molecule has 0 atom stereocenters. The van der Waals surface area contributed by atoms with Gasteiger partial charge in [-0.1, -0.05) is 50.5 Å². The molecule has 0 aliphatic rings. The third kappa shape index (κ3) is 13.3. The molecule has 0 aliphatic carbocycles. The summed E-state index contributed by atoms with van der Waals surface area (Å²) >= 11 is 0. The summed E-state index contributed by atoms with van der Waals surface area (Å²) in [6, 6.07) is 0. The maximum atomic E-state index is 10.6. The smallest absolute Gasteiger partial charge is 0.242 e. The number of hydrogen-bond acceptors (Lipinski definition) is 3. The SMILES string of the molecule is CC/C(=C/C/C=C/C/C=C/CCCCCCCC=O)[N+](=O)[O-]. The lowest BCUT2D eigenvalue weighted by Gasteiger charge is -1.97. The Labute approximate surface area is 134 Å². The number of carbonyl (C=O) groups is 1. The minimum atomic E-state index is -0.313. The maximum Gasteiger partial charge on any atom is 0.242 e. The number of nitrogens with zero attached hydrogens (tertiary/aromatic N) is 1. The highest BCUT2D eigenvalue weighted by atomic mass is 16.6. The molecule has 0 radical (unpaired) electrons. The van der Waals surface area contributed by atoms with Crippen molar-refractivity contribution in [3.63, 3.8) is 0 Å². The molecule has 0 aliphatic heterocycles. The lowest BCUT2D eigenvalue weighted by atomic mass is 10.1. The van der Waals surface area contributed by atoms with Crippen LogP contribution in [0.25, 0.3) is 0 Å². The molecule has 4 heteroatoms. The van der Waals surface area contributed by atoms with Crippen LogP contribution in [0.3, 0.4) is 0 Å². The van der Waals surface area contributed by atoms with E-state index >= 15 is 0 Å². The van der Waals surface area contributed by atoms with Crippen molar-refractivity contribution < 1.29 is 9.72 Å². The van der Waals surface area contributed by atoms with Crippen LogP contribution in [-0.2, 0) is 4.79 Å². The summed E-state index contributed by atoms with van der Waals surface area (Å²) in [4.78, 5) is 20.4. The van der Waals surface area contributed by atoms with E-state index in [4.69, 9.17) is 0 Å². The van der Waals surface area contributed by atoms with E-state index in [9.17, 15) is 14.9 Å². The van der Waals surface area contributed by atoms with E-state index in [1.54, 1.807) is 13.0 Å². The van der Waals surface area contributed by atoms with Crippen molar-refractivity contribution in [3.8, 4) is 0 Å². The topological polar surface area (TPSA) is 60.2 Å². The second-order valence-electron chi connectivity index (χ2n) is 5.23. The lowest BCUT2D eigenvalue weighted by molar-refractivity contribution is -0.427. The van der Waals surface area contributed by atoms with E-state index in [0.717, 1.165) is 32.0 Å². The summed E-state index contributed by atoms with van der Waals surface area (Å²) in [5, 5.41) is 10.6. The fourth-order valence-corrected chi connectivity index (χ4v) is 2.06. The number of rotatable bonds is 14. The summed E-state index contributed by atoms with van der Waals surface area (Å²) in [6.07, 6.45) is 20.6. The van der Waals surface area contributed by atoms with E-state index in [2.05, 4.69) is 12.2 Å². The van der Waals surface area contributed by atoms with Crippen LogP contribution in [0.1, 0.15) is 71.1 Å². The first-order chi connectivity index (χ1) is 10.7. The highest BCUT2D eigenvalue weighted by molar-refractivity contribution is 5.48. The Morgan fingerprint density at radius 2 is 1.50 bits per heavy atom. The van der Waals surface area contributed by atoms with Crippen LogP contribution in [-0.4, -0.2) is 11.2 Å². The van der Waals surface area contributed by atoms with Crippen molar-refractivity contribution in [1.29, 1.82) is 0 Å². The molecular weight excluding hydrogens is 278 g/mol. The molecule has 0 N–H and O–H groups in total. The lowest BCUT2D eigenvalue weighted by Crippen LogP contribution is -1.96. The van der Waals surface area contributed by atoms with Gasteiger partial charge in [0, 0.05) is 12.8 Å². The van der Waals surface area contributed by atoms with Gasteiger partial charge in [0.1, 0.15) is 6.29 Å². The van der Waals surface area contributed by atoms with Crippen LogP contribution in [0.4, 0.5) is 0 Å². The molecule has 0 saturated carbocycles. The molecule has 0 aromatic heterocycles. The number of nitro groups is 1. The number of aldehydes is 1. The number of carbonyl (C=O) groups excluding carboxylic acids is 1. The largest absolute Gasteiger partial charge is 0.303 e. The van der Waals surface area contributed by atoms with Gasteiger partial charge < -0.3 is 4.79 Å². The van der Waals surface area contributed by atoms with Gasteiger partial charge in [0.25, 0.3) is 0 Å². The van der Waals surface area contributed by atoms with E-state index in [0.29, 0.717) is 19.3 Å². The van der Waals surface area contributed by atoms with Gasteiger partial charge in [-0.05, 0) is 38.2 Å². The van der Waals surface area contributed by atoms with E-state index in [1.165, 1.54) is 19.3 Å². The molecule has 0 rings (SSSR count). The predicted molar refractivity (Wildman–Crippen MR) is 91.3 cm³/mol. The Kier molecular flexibility index (Phi) is 14.5. The molecule has 0 bridgehead atoms. The maximum absolute atomic E-state index is 10.6. The number of unbranched alkanes of at least 4 members (excludes halogenated alkanes) is 6. The Morgan fingerprint density at radius 1 is 0.909 bits per heavy atom. The first-order valence-corrected chi connectivity index (χ1v) is 8.29. The van der Waals surface area contributed by atoms with E-state index < -0.39 is 0 Å². The van der Waals surface area contributed by atoms with Gasteiger partial charge >= 0.3 is 0 Å². The molecule has 22 heavy (non-hydrogen) atoms. The average molecular weight is 307 g/mol. The number of allylic oxidation sites excluding steroid dienone is 6. The molecule has 0 heterocycles. The zero-order valence-electron chi connectivity index (χ0n) is 13.7. The molecule has 0 unspecified atom stereocenters. The third-order valence-electron chi connectivity index (χ3n) is 3.38. The van der Waals surface area contributed by atoms with Gasteiger partial charge in [0.15, 0.2) is 0 Å². The summed E-state index contributed by atoms with van der Waals surface area (Å²) in [5.41, 5.74) is 0.285. The monoisotopic (exact) mass is 307 g/mol. The van der Waals surface area contributed by atoms with Crippen molar-refractivity contribution in [2.45, 2.75) is 71.1 Å². The minimum absolute atomic E-state index is 0.285. The highest BCUT2D eigenvalue weighted by Gasteiger charge is 2.03. The fraction of sp³-hybridized carbons (Fsp3) is 0.611.